The summed E-state index contributed by atoms with van der Waals surface area (Å²) in [6.45, 7) is 17.0. The fourth-order valence-corrected chi connectivity index (χ4v) is 6.10. The Morgan fingerprint density at radius 3 is 1.69 bits per heavy atom. The Morgan fingerprint density at radius 1 is 0.793 bits per heavy atom. The molecule has 2 rings (SSSR count). The molecular formula is C23H24Br4O2. The van der Waals surface area contributed by atoms with E-state index in [1.165, 1.54) is 0 Å². The topological polar surface area (TPSA) is 18.5 Å². The maximum absolute atomic E-state index is 5.95. The Hall–Kier alpha value is -0.560. The van der Waals surface area contributed by atoms with Gasteiger partial charge in [0.25, 0.3) is 0 Å². The Bertz CT molecular complexity index is 902. The summed E-state index contributed by atoms with van der Waals surface area (Å²) in [5, 5.41) is 0. The second-order valence-corrected chi connectivity index (χ2v) is 10.8. The number of hydrogen-bond donors (Lipinski definition) is 0. The lowest BCUT2D eigenvalue weighted by Crippen LogP contribution is -2.21. The van der Waals surface area contributed by atoms with Crippen molar-refractivity contribution >= 4 is 63.7 Å². The van der Waals surface area contributed by atoms with E-state index in [1.54, 1.807) is 0 Å². The third-order valence-electron chi connectivity index (χ3n) is 4.37. The molecular weight excluding hydrogens is 628 g/mol. The highest BCUT2D eigenvalue weighted by molar-refractivity contribution is 9.14. The number of rotatable bonds is 8. The lowest BCUT2D eigenvalue weighted by atomic mass is 9.78. The summed E-state index contributed by atoms with van der Waals surface area (Å²) < 4.78 is 15.3. The van der Waals surface area contributed by atoms with Gasteiger partial charge in [-0.3, -0.25) is 0 Å². The van der Waals surface area contributed by atoms with Crippen molar-refractivity contribution < 1.29 is 9.47 Å². The Labute approximate surface area is 207 Å². The van der Waals surface area contributed by atoms with Gasteiger partial charge in [0.1, 0.15) is 24.7 Å². The Kier molecular flexibility index (Phi) is 8.66. The molecule has 0 radical (unpaired) electrons. The van der Waals surface area contributed by atoms with Gasteiger partial charge in [-0.15, -0.1) is 0 Å². The molecule has 0 N–H and O–H groups in total. The van der Waals surface area contributed by atoms with E-state index in [1.807, 2.05) is 26.0 Å². The zero-order valence-electron chi connectivity index (χ0n) is 17.0. The molecule has 0 aliphatic rings. The van der Waals surface area contributed by atoms with E-state index in [2.05, 4.69) is 103 Å². The molecule has 0 bridgehead atoms. The average Bonchev–Trinajstić information content (AvgIpc) is 2.65. The molecule has 2 aromatic rings. The van der Waals surface area contributed by atoms with Crippen LogP contribution in [0.2, 0.25) is 0 Å². The van der Waals surface area contributed by atoms with Crippen LogP contribution in [0, 0.1) is 0 Å². The van der Waals surface area contributed by atoms with E-state index in [4.69, 9.17) is 9.47 Å². The highest BCUT2D eigenvalue weighted by Crippen LogP contribution is 2.51. The first-order chi connectivity index (χ1) is 13.5. The van der Waals surface area contributed by atoms with Crippen molar-refractivity contribution in [3.05, 3.63) is 77.6 Å². The van der Waals surface area contributed by atoms with E-state index >= 15 is 0 Å². The molecule has 0 saturated heterocycles. The fraction of sp³-hybridized carbons (Fsp3) is 0.304. The molecule has 0 atom stereocenters. The first-order valence-electron chi connectivity index (χ1n) is 8.98. The van der Waals surface area contributed by atoms with E-state index < -0.39 is 0 Å². The molecule has 0 amide bonds. The average molecular weight is 652 g/mol. The second kappa shape index (κ2) is 10.2. The van der Waals surface area contributed by atoms with Crippen LogP contribution in [0.5, 0.6) is 11.5 Å². The van der Waals surface area contributed by atoms with Gasteiger partial charge in [0.15, 0.2) is 0 Å². The van der Waals surface area contributed by atoms with Crippen molar-refractivity contribution in [3.8, 4) is 11.5 Å². The molecule has 0 heterocycles. The largest absolute Gasteiger partial charge is 0.489 e. The maximum atomic E-state index is 5.95. The number of halogens is 4. The van der Waals surface area contributed by atoms with Crippen LogP contribution in [-0.4, -0.2) is 13.2 Å². The minimum atomic E-state index is -0.289. The quantitative estimate of drug-likeness (QED) is 0.210. The molecule has 0 unspecified atom stereocenters. The van der Waals surface area contributed by atoms with Crippen LogP contribution >= 0.6 is 63.7 Å². The van der Waals surface area contributed by atoms with Crippen molar-refractivity contribution in [2.45, 2.75) is 33.1 Å². The predicted molar refractivity (Wildman–Crippen MR) is 136 cm³/mol. The van der Waals surface area contributed by atoms with Gasteiger partial charge < -0.3 is 9.47 Å². The van der Waals surface area contributed by atoms with Crippen molar-refractivity contribution in [1.29, 1.82) is 0 Å². The molecule has 0 aromatic heterocycles. The van der Waals surface area contributed by atoms with Crippen LogP contribution in [0.25, 0.3) is 0 Å². The molecule has 0 saturated carbocycles. The van der Waals surface area contributed by atoms with Crippen molar-refractivity contribution in [1.82, 2.24) is 0 Å². The smallest absolute Gasteiger partial charge is 0.150 e. The first-order valence-corrected chi connectivity index (χ1v) is 12.1. The van der Waals surface area contributed by atoms with Gasteiger partial charge in [0.2, 0.25) is 0 Å². The van der Waals surface area contributed by atoms with Gasteiger partial charge >= 0.3 is 0 Å². The van der Waals surface area contributed by atoms with Gasteiger partial charge in [-0.1, -0.05) is 39.1 Å². The van der Waals surface area contributed by atoms with E-state index in [0.29, 0.717) is 13.2 Å². The third-order valence-corrected chi connectivity index (χ3v) is 8.54. The molecule has 2 aromatic carbocycles. The van der Waals surface area contributed by atoms with Crippen molar-refractivity contribution in [3.63, 3.8) is 0 Å². The monoisotopic (exact) mass is 648 g/mol. The number of benzene rings is 2. The summed E-state index contributed by atoms with van der Waals surface area (Å²) in [4.78, 5) is 0. The van der Waals surface area contributed by atoms with Gasteiger partial charge in [-0.25, -0.2) is 0 Å². The maximum Gasteiger partial charge on any atom is 0.150 e. The standard InChI is InChI=1S/C23H24Br4O2/c1-13(2)11-28-16-9-7-15(8-10-16)23(5,6)17-18(24)20(26)22(21(27)19(17)25)29-12-14(3)4/h7-10H,1,3,11-12H2,2,4-6H3. The van der Waals surface area contributed by atoms with Gasteiger partial charge in [0.05, 0.1) is 8.95 Å². The molecule has 0 spiro atoms. The van der Waals surface area contributed by atoms with Gasteiger partial charge in [0, 0.05) is 14.4 Å². The number of hydrogen-bond acceptors (Lipinski definition) is 2. The van der Waals surface area contributed by atoms with Crippen LogP contribution in [-0.2, 0) is 5.41 Å². The number of ether oxygens (including phenoxy) is 2. The van der Waals surface area contributed by atoms with Gasteiger partial charge in [-0.05, 0) is 112 Å². The van der Waals surface area contributed by atoms with Crippen LogP contribution in [0.15, 0.2) is 66.5 Å². The van der Waals surface area contributed by atoms with E-state index in [9.17, 15) is 0 Å². The van der Waals surface area contributed by atoms with Crippen molar-refractivity contribution in [2.24, 2.45) is 0 Å². The minimum absolute atomic E-state index is 0.289. The van der Waals surface area contributed by atoms with Crippen LogP contribution in [0.1, 0.15) is 38.8 Å². The Morgan fingerprint density at radius 2 is 1.24 bits per heavy atom. The molecule has 0 aliphatic heterocycles. The molecule has 156 valence electrons. The van der Waals surface area contributed by atoms with E-state index in [0.717, 1.165) is 51.7 Å². The first kappa shape index (κ1) is 24.7. The molecule has 0 aliphatic carbocycles. The minimum Gasteiger partial charge on any atom is -0.489 e. The summed E-state index contributed by atoms with van der Waals surface area (Å²) >= 11 is 14.9. The summed E-state index contributed by atoms with van der Waals surface area (Å²) in [7, 11) is 0. The van der Waals surface area contributed by atoms with Crippen molar-refractivity contribution in [2.75, 3.05) is 13.2 Å². The summed E-state index contributed by atoms with van der Waals surface area (Å²) in [5.74, 6) is 1.56. The van der Waals surface area contributed by atoms with Gasteiger partial charge in [-0.2, -0.15) is 0 Å². The van der Waals surface area contributed by atoms with Crippen LogP contribution < -0.4 is 9.47 Å². The highest BCUT2D eigenvalue weighted by atomic mass is 79.9. The Balaban J connectivity index is 2.46. The molecule has 6 heteroatoms. The predicted octanol–water partition coefficient (Wildman–Crippen LogP) is 8.97. The van der Waals surface area contributed by atoms with Crippen LogP contribution in [0.3, 0.4) is 0 Å². The SMILES string of the molecule is C=C(C)COc1ccc(C(C)(C)c2c(Br)c(Br)c(OCC(=C)C)c(Br)c2Br)cc1. The van der Waals surface area contributed by atoms with E-state index in [-0.39, 0.29) is 5.41 Å². The zero-order chi connectivity index (χ0) is 21.9. The fourth-order valence-electron chi connectivity index (χ4n) is 2.80. The lowest BCUT2D eigenvalue weighted by Gasteiger charge is -2.30. The third kappa shape index (κ3) is 5.78. The lowest BCUT2D eigenvalue weighted by molar-refractivity contribution is 0.347. The summed E-state index contributed by atoms with van der Waals surface area (Å²) in [6.07, 6.45) is 0. The normalized spacial score (nSPS) is 11.3. The molecule has 29 heavy (non-hydrogen) atoms. The second-order valence-electron chi connectivity index (χ2n) is 7.60. The summed E-state index contributed by atoms with van der Waals surface area (Å²) in [6, 6.07) is 8.19. The molecule has 2 nitrogen and oxygen atoms in total. The highest BCUT2D eigenvalue weighted by Gasteiger charge is 2.32. The molecule has 0 fully saturated rings. The van der Waals surface area contributed by atoms with Crippen LogP contribution in [0.4, 0.5) is 0 Å². The summed E-state index contributed by atoms with van der Waals surface area (Å²) in [5.41, 5.74) is 3.92. The zero-order valence-corrected chi connectivity index (χ0v) is 23.3.